The lowest BCUT2D eigenvalue weighted by atomic mass is 10.1. The summed E-state index contributed by atoms with van der Waals surface area (Å²) in [7, 11) is 1.42. The molecule has 12 heteroatoms. The molecule has 3 aromatic heterocycles. The first-order valence-electron chi connectivity index (χ1n) is 9.24. The highest BCUT2D eigenvalue weighted by Crippen LogP contribution is 2.33. The number of hydrogen-bond acceptors (Lipinski definition) is 10. The molecule has 1 fully saturated rings. The van der Waals surface area contributed by atoms with Crippen molar-refractivity contribution in [2.24, 2.45) is 5.73 Å². The maximum Gasteiger partial charge on any atom is 0.220 e. The fourth-order valence-corrected chi connectivity index (χ4v) is 3.21. The van der Waals surface area contributed by atoms with Crippen LogP contribution in [-0.4, -0.2) is 66.0 Å². The van der Waals surface area contributed by atoms with E-state index in [-0.39, 0.29) is 23.7 Å². The Labute approximate surface area is 176 Å². The summed E-state index contributed by atoms with van der Waals surface area (Å²) in [5, 5.41) is 20.7. The minimum absolute atomic E-state index is 0.140. The predicted molar refractivity (Wildman–Crippen MR) is 106 cm³/mol. The van der Waals surface area contributed by atoms with E-state index < -0.39 is 30.4 Å². The monoisotopic (exact) mass is 425 g/mol. The van der Waals surface area contributed by atoms with Gasteiger partial charge in [0.15, 0.2) is 23.2 Å². The van der Waals surface area contributed by atoms with Gasteiger partial charge in [-0.2, -0.15) is 4.98 Å². The van der Waals surface area contributed by atoms with Gasteiger partial charge in [0.2, 0.25) is 11.7 Å². The molecule has 1 aliphatic heterocycles. The summed E-state index contributed by atoms with van der Waals surface area (Å²) in [5.74, 6) is 5.42. The normalized spacial score (nSPS) is 22.8. The second-order valence-electron chi connectivity index (χ2n) is 6.71. The van der Waals surface area contributed by atoms with Crippen LogP contribution < -0.4 is 11.2 Å². The molecule has 4 heterocycles. The number of rotatable bonds is 5. The highest BCUT2D eigenvalue weighted by molar-refractivity contribution is 5.83. The number of nitrogens with two attached hydrogens (primary N) is 1. The van der Waals surface area contributed by atoms with Gasteiger partial charge in [0.25, 0.3) is 0 Å². The van der Waals surface area contributed by atoms with E-state index in [0.29, 0.717) is 11.2 Å². The SMILES string of the molecule is CONc1nc(C#Cc2ccccn2)nc2c1ncn2[C@@H]1O[C@@H](CC(N)=O)[C@H](O)[C@H]1O. The minimum atomic E-state index is -1.33. The van der Waals surface area contributed by atoms with Gasteiger partial charge in [-0.05, 0) is 24.0 Å². The standard InChI is InChI=1S/C19H19N7O5/c1-30-25-17-14-18(24-13(23-17)6-5-10-4-2-3-7-21-10)26(9-22-14)19-16(29)15(28)11(31-19)8-12(20)27/h2-4,7,9,11,15-16,19,28-29H,8H2,1H3,(H2,20,27)(H,23,24,25)/t11-,15-,16+,19+/m0/s1. The van der Waals surface area contributed by atoms with E-state index in [1.54, 1.807) is 24.4 Å². The van der Waals surface area contributed by atoms with Gasteiger partial charge in [-0.1, -0.05) is 6.07 Å². The molecule has 5 N–H and O–H groups in total. The number of nitrogens with zero attached hydrogens (tertiary/aromatic N) is 5. The molecule has 0 bridgehead atoms. The smallest absolute Gasteiger partial charge is 0.220 e. The summed E-state index contributed by atoms with van der Waals surface area (Å²) in [5.41, 5.74) is 8.96. The first-order chi connectivity index (χ1) is 15.0. The van der Waals surface area contributed by atoms with Gasteiger partial charge in [-0.3, -0.25) is 14.2 Å². The van der Waals surface area contributed by atoms with Crippen LogP contribution in [0.2, 0.25) is 0 Å². The number of pyridine rings is 1. The lowest BCUT2D eigenvalue weighted by molar-refractivity contribution is -0.122. The van der Waals surface area contributed by atoms with Gasteiger partial charge < -0.3 is 20.7 Å². The Bertz CT molecular complexity index is 1160. The molecule has 0 aliphatic carbocycles. The van der Waals surface area contributed by atoms with Crippen molar-refractivity contribution in [3.63, 3.8) is 0 Å². The minimum Gasteiger partial charge on any atom is -0.388 e. The molecule has 1 aliphatic rings. The fraction of sp³-hybridized carbons (Fsp3) is 0.316. The molecule has 4 rings (SSSR count). The van der Waals surface area contributed by atoms with Crippen molar-refractivity contribution in [1.29, 1.82) is 0 Å². The summed E-state index contributed by atoms with van der Waals surface area (Å²) in [6.07, 6.45) is -1.90. The first kappa shape index (κ1) is 20.6. The zero-order valence-corrected chi connectivity index (χ0v) is 16.3. The molecule has 12 nitrogen and oxygen atoms in total. The summed E-state index contributed by atoms with van der Waals surface area (Å²) >= 11 is 0. The number of fused-ring (bicyclic) bond motifs is 1. The van der Waals surface area contributed by atoms with Gasteiger partial charge in [0.05, 0.1) is 26.0 Å². The number of nitrogens with one attached hydrogen (secondary N) is 1. The van der Waals surface area contributed by atoms with Crippen molar-refractivity contribution >= 4 is 22.9 Å². The Morgan fingerprint density at radius 2 is 2.13 bits per heavy atom. The van der Waals surface area contributed by atoms with Crippen molar-refractivity contribution in [2.75, 3.05) is 12.6 Å². The maximum absolute atomic E-state index is 11.2. The first-order valence-corrected chi connectivity index (χ1v) is 9.24. The number of aliphatic hydroxyl groups is 2. The average Bonchev–Trinajstić information content (AvgIpc) is 3.29. The summed E-state index contributed by atoms with van der Waals surface area (Å²) < 4.78 is 7.11. The molecule has 1 amide bonds. The number of aromatic nitrogens is 5. The molecule has 0 aromatic carbocycles. The highest BCUT2D eigenvalue weighted by atomic mass is 16.6. The Morgan fingerprint density at radius 3 is 2.84 bits per heavy atom. The van der Waals surface area contributed by atoms with E-state index in [1.165, 1.54) is 18.0 Å². The molecule has 3 aromatic rings. The number of primary amides is 1. The Kier molecular flexibility index (Phi) is 5.74. The number of carbonyl (C=O) groups is 1. The molecular weight excluding hydrogens is 406 g/mol. The molecular formula is C19H19N7O5. The van der Waals surface area contributed by atoms with E-state index in [1.807, 2.05) is 0 Å². The highest BCUT2D eigenvalue weighted by Gasteiger charge is 2.44. The van der Waals surface area contributed by atoms with Crippen molar-refractivity contribution < 1.29 is 24.6 Å². The number of ether oxygens (including phenoxy) is 1. The lowest BCUT2D eigenvalue weighted by Gasteiger charge is -2.16. The number of carbonyl (C=O) groups excluding carboxylic acids is 1. The predicted octanol–water partition coefficient (Wildman–Crippen LogP) is -0.911. The van der Waals surface area contributed by atoms with Crippen LogP contribution in [0.1, 0.15) is 24.2 Å². The van der Waals surface area contributed by atoms with Gasteiger partial charge in [0, 0.05) is 6.20 Å². The summed E-state index contributed by atoms with van der Waals surface area (Å²) in [6.45, 7) is 0. The van der Waals surface area contributed by atoms with Crippen LogP contribution in [0, 0.1) is 11.8 Å². The van der Waals surface area contributed by atoms with Gasteiger partial charge in [-0.15, -0.1) is 0 Å². The van der Waals surface area contributed by atoms with E-state index in [9.17, 15) is 15.0 Å². The lowest BCUT2D eigenvalue weighted by Crippen LogP contribution is -2.33. The van der Waals surface area contributed by atoms with Crippen molar-refractivity contribution in [3.05, 3.63) is 42.2 Å². The van der Waals surface area contributed by atoms with Crippen molar-refractivity contribution in [3.8, 4) is 11.8 Å². The quantitative estimate of drug-likeness (QED) is 0.296. The number of amides is 1. The third kappa shape index (κ3) is 4.16. The Hall–Kier alpha value is -3.63. The van der Waals surface area contributed by atoms with E-state index >= 15 is 0 Å². The molecule has 31 heavy (non-hydrogen) atoms. The number of hydrogen-bond donors (Lipinski definition) is 4. The van der Waals surface area contributed by atoms with Crippen LogP contribution in [-0.2, 0) is 14.4 Å². The fourth-order valence-electron chi connectivity index (χ4n) is 3.21. The van der Waals surface area contributed by atoms with Gasteiger partial charge in [0.1, 0.15) is 17.9 Å². The molecule has 4 atom stereocenters. The van der Waals surface area contributed by atoms with E-state index in [2.05, 4.69) is 37.3 Å². The zero-order valence-electron chi connectivity index (χ0n) is 16.3. The van der Waals surface area contributed by atoms with Crippen LogP contribution >= 0.6 is 0 Å². The summed E-state index contributed by atoms with van der Waals surface area (Å²) in [6, 6.07) is 5.33. The molecule has 0 spiro atoms. The van der Waals surface area contributed by atoms with Crippen molar-refractivity contribution in [2.45, 2.75) is 31.0 Å². The third-order valence-corrected chi connectivity index (χ3v) is 4.60. The van der Waals surface area contributed by atoms with Crippen LogP contribution in [0.25, 0.3) is 11.2 Å². The van der Waals surface area contributed by atoms with Crippen LogP contribution in [0.5, 0.6) is 0 Å². The van der Waals surface area contributed by atoms with Gasteiger partial charge in [-0.25, -0.2) is 20.4 Å². The molecule has 0 unspecified atom stereocenters. The topological polar surface area (TPSA) is 171 Å². The Balaban J connectivity index is 1.75. The Morgan fingerprint density at radius 1 is 1.29 bits per heavy atom. The molecule has 0 radical (unpaired) electrons. The summed E-state index contributed by atoms with van der Waals surface area (Å²) in [4.78, 5) is 33.3. The number of imidazole rings is 1. The van der Waals surface area contributed by atoms with E-state index in [0.717, 1.165) is 0 Å². The van der Waals surface area contributed by atoms with Crippen LogP contribution in [0.3, 0.4) is 0 Å². The number of anilines is 1. The second kappa shape index (κ2) is 8.62. The molecule has 160 valence electrons. The third-order valence-electron chi connectivity index (χ3n) is 4.60. The van der Waals surface area contributed by atoms with Crippen LogP contribution in [0.4, 0.5) is 5.82 Å². The average molecular weight is 425 g/mol. The molecule has 1 saturated heterocycles. The number of aliphatic hydroxyl groups excluding tert-OH is 2. The van der Waals surface area contributed by atoms with Gasteiger partial charge >= 0.3 is 0 Å². The zero-order chi connectivity index (χ0) is 22.0. The van der Waals surface area contributed by atoms with E-state index in [4.69, 9.17) is 15.3 Å². The maximum atomic E-state index is 11.2. The largest absolute Gasteiger partial charge is 0.388 e. The van der Waals surface area contributed by atoms with Crippen molar-refractivity contribution in [1.82, 2.24) is 24.5 Å². The van der Waals surface area contributed by atoms with Crippen LogP contribution in [0.15, 0.2) is 30.7 Å². The molecule has 0 saturated carbocycles. The second-order valence-corrected chi connectivity index (χ2v) is 6.71.